The Kier molecular flexibility index (Phi) is 5.91. The molecular formula is C29H28N4O3. The van der Waals surface area contributed by atoms with E-state index in [-0.39, 0.29) is 5.56 Å². The number of hydrogen-bond acceptors (Lipinski definition) is 6. The number of hydrogen-bond donors (Lipinski definition) is 2. The van der Waals surface area contributed by atoms with Crippen LogP contribution in [-0.4, -0.2) is 36.3 Å². The first-order chi connectivity index (χ1) is 17.6. The minimum Gasteiger partial charge on any atom is -0.456 e. The molecule has 36 heavy (non-hydrogen) atoms. The Hall–Kier alpha value is -4.10. The van der Waals surface area contributed by atoms with Crippen LogP contribution in [0.2, 0.25) is 0 Å². The van der Waals surface area contributed by atoms with Crippen LogP contribution in [0.5, 0.6) is 11.5 Å². The van der Waals surface area contributed by atoms with E-state index in [4.69, 9.17) is 9.47 Å². The zero-order chi connectivity index (χ0) is 24.5. The second-order valence-corrected chi connectivity index (χ2v) is 9.23. The molecule has 1 saturated heterocycles. The second-order valence-electron chi connectivity index (χ2n) is 9.23. The SMILES string of the molecule is Cc1cccc(CNc2ccc3c(c2)Cc2cccc(-c4cc(N5CCOCC5)cc(=O)[nH]4)c2O3)n1. The predicted octanol–water partition coefficient (Wildman–Crippen LogP) is 4.89. The third-order valence-corrected chi connectivity index (χ3v) is 6.67. The van der Waals surface area contributed by atoms with Crippen LogP contribution in [0, 0.1) is 6.92 Å². The maximum Gasteiger partial charge on any atom is 0.250 e. The zero-order valence-corrected chi connectivity index (χ0v) is 20.2. The summed E-state index contributed by atoms with van der Waals surface area (Å²) >= 11 is 0. The van der Waals surface area contributed by atoms with Crippen LogP contribution in [0.3, 0.4) is 0 Å². The lowest BCUT2D eigenvalue weighted by molar-refractivity contribution is 0.122. The summed E-state index contributed by atoms with van der Waals surface area (Å²) in [6, 6.07) is 22.0. The lowest BCUT2D eigenvalue weighted by Crippen LogP contribution is -2.36. The fourth-order valence-corrected chi connectivity index (χ4v) is 4.87. The summed E-state index contributed by atoms with van der Waals surface area (Å²) in [5.41, 5.74) is 7.69. The van der Waals surface area contributed by atoms with E-state index in [0.717, 1.165) is 76.2 Å². The highest BCUT2D eigenvalue weighted by molar-refractivity contribution is 5.74. The Labute approximate surface area is 209 Å². The van der Waals surface area contributed by atoms with Crippen LogP contribution in [0.1, 0.15) is 22.5 Å². The van der Waals surface area contributed by atoms with Crippen LogP contribution < -0.4 is 20.5 Å². The van der Waals surface area contributed by atoms with Crippen LogP contribution in [0.4, 0.5) is 11.4 Å². The summed E-state index contributed by atoms with van der Waals surface area (Å²) in [7, 11) is 0. The molecule has 0 bridgehead atoms. The van der Waals surface area contributed by atoms with E-state index in [2.05, 4.69) is 32.3 Å². The number of fused-ring (bicyclic) bond motifs is 2. The second kappa shape index (κ2) is 9.51. The van der Waals surface area contributed by atoms with Crippen molar-refractivity contribution in [3.05, 3.63) is 99.6 Å². The molecule has 2 aromatic carbocycles. The molecule has 0 amide bonds. The highest BCUT2D eigenvalue weighted by Gasteiger charge is 2.22. The monoisotopic (exact) mass is 480 g/mol. The molecule has 0 saturated carbocycles. The van der Waals surface area contributed by atoms with Gasteiger partial charge in [-0.1, -0.05) is 18.2 Å². The van der Waals surface area contributed by atoms with Gasteiger partial charge in [0.05, 0.1) is 31.1 Å². The molecule has 182 valence electrons. The molecule has 6 rings (SSSR count). The number of para-hydroxylation sites is 1. The van der Waals surface area contributed by atoms with E-state index in [9.17, 15) is 4.79 Å². The molecule has 2 aliphatic heterocycles. The number of H-pyrrole nitrogens is 1. The first-order valence-corrected chi connectivity index (χ1v) is 12.3. The number of aromatic amines is 1. The fraction of sp³-hybridized carbons (Fsp3) is 0.241. The molecule has 2 aliphatic rings. The van der Waals surface area contributed by atoms with Crippen LogP contribution in [-0.2, 0) is 17.7 Å². The van der Waals surface area contributed by atoms with Gasteiger partial charge in [-0.2, -0.15) is 0 Å². The van der Waals surface area contributed by atoms with Crippen LogP contribution in [0.25, 0.3) is 11.3 Å². The molecule has 2 N–H and O–H groups in total. The Morgan fingerprint density at radius 1 is 1.00 bits per heavy atom. The van der Waals surface area contributed by atoms with Gasteiger partial charge in [0.25, 0.3) is 0 Å². The van der Waals surface area contributed by atoms with Gasteiger partial charge in [-0.05, 0) is 55.0 Å². The zero-order valence-electron chi connectivity index (χ0n) is 20.2. The van der Waals surface area contributed by atoms with E-state index in [1.165, 1.54) is 0 Å². The number of anilines is 2. The minimum absolute atomic E-state index is 0.123. The molecule has 7 heteroatoms. The van der Waals surface area contributed by atoms with Crippen molar-refractivity contribution in [2.75, 3.05) is 36.5 Å². The quantitative estimate of drug-likeness (QED) is 0.373. The summed E-state index contributed by atoms with van der Waals surface area (Å²) in [5, 5.41) is 3.47. The third-order valence-electron chi connectivity index (χ3n) is 6.67. The number of morpholine rings is 1. The van der Waals surface area contributed by atoms with E-state index >= 15 is 0 Å². The van der Waals surface area contributed by atoms with Crippen molar-refractivity contribution in [3.8, 4) is 22.8 Å². The standard InChI is InChI=1S/C29H28N4O3/c1-19-4-2-6-23(31-19)18-30-22-8-9-27-21(15-22)14-20-5-3-7-25(29(20)36-27)26-16-24(17-28(34)32-26)33-10-12-35-13-11-33/h2-9,15-17,30H,10-14,18H2,1H3,(H,32,34). The van der Waals surface area contributed by atoms with Crippen molar-refractivity contribution in [3.63, 3.8) is 0 Å². The van der Waals surface area contributed by atoms with Crippen molar-refractivity contribution in [1.29, 1.82) is 0 Å². The molecule has 0 unspecified atom stereocenters. The van der Waals surface area contributed by atoms with Gasteiger partial charge in [-0.25, -0.2) is 0 Å². The summed E-state index contributed by atoms with van der Waals surface area (Å²) in [5.74, 6) is 1.63. The largest absolute Gasteiger partial charge is 0.456 e. The number of nitrogens with zero attached hydrogens (tertiary/aromatic N) is 2. The Balaban J connectivity index is 1.26. The molecule has 0 atom stereocenters. The molecule has 0 radical (unpaired) electrons. The van der Waals surface area contributed by atoms with Crippen molar-refractivity contribution in [2.45, 2.75) is 19.9 Å². The first kappa shape index (κ1) is 22.4. The van der Waals surface area contributed by atoms with E-state index in [1.807, 2.05) is 55.5 Å². The lowest BCUT2D eigenvalue weighted by Gasteiger charge is -2.29. The number of benzene rings is 2. The van der Waals surface area contributed by atoms with Crippen LogP contribution in [0.15, 0.2) is 71.5 Å². The van der Waals surface area contributed by atoms with Crippen molar-refractivity contribution < 1.29 is 9.47 Å². The number of ether oxygens (including phenoxy) is 2. The molecule has 2 aromatic heterocycles. The Morgan fingerprint density at radius 2 is 1.86 bits per heavy atom. The molecule has 0 spiro atoms. The highest BCUT2D eigenvalue weighted by Crippen LogP contribution is 2.43. The topological polar surface area (TPSA) is 79.5 Å². The number of aryl methyl sites for hydroxylation is 1. The van der Waals surface area contributed by atoms with Gasteiger partial charge in [0.15, 0.2) is 0 Å². The summed E-state index contributed by atoms with van der Waals surface area (Å²) in [6.45, 7) is 5.54. The number of pyridine rings is 2. The molecule has 1 fully saturated rings. The Bertz CT molecular complexity index is 1470. The summed E-state index contributed by atoms with van der Waals surface area (Å²) < 4.78 is 11.9. The number of rotatable bonds is 5. The van der Waals surface area contributed by atoms with Gasteiger partial charge in [-0.15, -0.1) is 0 Å². The van der Waals surface area contributed by atoms with Gasteiger partial charge in [-0.3, -0.25) is 9.78 Å². The van der Waals surface area contributed by atoms with Gasteiger partial charge >= 0.3 is 0 Å². The fourth-order valence-electron chi connectivity index (χ4n) is 4.87. The lowest BCUT2D eigenvalue weighted by atomic mass is 9.96. The molecule has 0 aliphatic carbocycles. The molecule has 4 aromatic rings. The van der Waals surface area contributed by atoms with E-state index in [0.29, 0.717) is 19.8 Å². The van der Waals surface area contributed by atoms with E-state index in [1.54, 1.807) is 6.07 Å². The van der Waals surface area contributed by atoms with Gasteiger partial charge < -0.3 is 24.7 Å². The first-order valence-electron chi connectivity index (χ1n) is 12.3. The minimum atomic E-state index is -0.123. The normalized spacial score (nSPS) is 14.5. The number of aromatic nitrogens is 2. The van der Waals surface area contributed by atoms with Gasteiger partial charge in [0.2, 0.25) is 5.56 Å². The van der Waals surface area contributed by atoms with E-state index < -0.39 is 0 Å². The maximum atomic E-state index is 12.5. The van der Waals surface area contributed by atoms with Gasteiger partial charge in [0, 0.05) is 53.8 Å². The van der Waals surface area contributed by atoms with Crippen molar-refractivity contribution >= 4 is 11.4 Å². The van der Waals surface area contributed by atoms with Crippen molar-refractivity contribution in [1.82, 2.24) is 9.97 Å². The van der Waals surface area contributed by atoms with Crippen LogP contribution >= 0.6 is 0 Å². The molecule has 4 heterocycles. The maximum absolute atomic E-state index is 12.5. The van der Waals surface area contributed by atoms with Crippen molar-refractivity contribution in [2.24, 2.45) is 0 Å². The molecular weight excluding hydrogens is 452 g/mol. The summed E-state index contributed by atoms with van der Waals surface area (Å²) in [4.78, 5) is 22.3. The smallest absolute Gasteiger partial charge is 0.250 e. The highest BCUT2D eigenvalue weighted by atomic mass is 16.5. The average Bonchev–Trinajstić information content (AvgIpc) is 2.90. The average molecular weight is 481 g/mol. The summed E-state index contributed by atoms with van der Waals surface area (Å²) in [6.07, 6.45) is 0.754. The van der Waals surface area contributed by atoms with Gasteiger partial charge in [0.1, 0.15) is 11.5 Å². The third kappa shape index (κ3) is 4.57. The Morgan fingerprint density at radius 3 is 2.72 bits per heavy atom. The predicted molar refractivity (Wildman–Crippen MR) is 141 cm³/mol. The number of nitrogens with one attached hydrogen (secondary N) is 2. The molecule has 7 nitrogen and oxygen atoms in total.